The fourth-order valence-corrected chi connectivity index (χ4v) is 3.88. The minimum absolute atomic E-state index is 0.0499. The molecule has 0 saturated carbocycles. The Kier molecular flexibility index (Phi) is 5.16. The minimum Gasteiger partial charge on any atom is -0.493 e. The molecule has 1 atom stereocenters. The number of benzene rings is 1. The maximum absolute atomic E-state index is 13.0. The number of nitrogens with one attached hydrogen (secondary N) is 1. The number of fused-ring (bicyclic) bond motifs is 1. The second-order valence-electron chi connectivity index (χ2n) is 7.04. The number of pyridine rings is 1. The predicted octanol–water partition coefficient (Wildman–Crippen LogP) is 2.86. The number of aryl methyl sites for hydroxylation is 1. The molecule has 1 aromatic heterocycles. The van der Waals surface area contributed by atoms with E-state index in [1.807, 2.05) is 24.3 Å². The molecule has 1 amide bonds. The van der Waals surface area contributed by atoms with Gasteiger partial charge in [0.1, 0.15) is 11.8 Å². The van der Waals surface area contributed by atoms with Crippen molar-refractivity contribution in [1.29, 1.82) is 0 Å². The van der Waals surface area contributed by atoms with Crippen LogP contribution in [-0.4, -0.2) is 35.5 Å². The van der Waals surface area contributed by atoms with Crippen LogP contribution in [0.2, 0.25) is 0 Å². The zero-order valence-electron chi connectivity index (χ0n) is 15.0. The molecule has 0 spiro atoms. The van der Waals surface area contributed by atoms with Crippen LogP contribution in [0.1, 0.15) is 42.0 Å². The van der Waals surface area contributed by atoms with E-state index in [1.54, 1.807) is 12.4 Å². The lowest BCUT2D eigenvalue weighted by atomic mass is 10.0. The third-order valence-corrected chi connectivity index (χ3v) is 5.19. The van der Waals surface area contributed by atoms with E-state index < -0.39 is 0 Å². The Hall–Kier alpha value is -2.40. The van der Waals surface area contributed by atoms with Gasteiger partial charge < -0.3 is 10.1 Å². The normalized spacial score (nSPS) is 18.0. The lowest BCUT2D eigenvalue weighted by Crippen LogP contribution is -2.39. The molecule has 1 aromatic carbocycles. The van der Waals surface area contributed by atoms with Gasteiger partial charge in [-0.15, -0.1) is 0 Å². The highest BCUT2D eigenvalue weighted by atomic mass is 16.5. The van der Waals surface area contributed by atoms with Gasteiger partial charge in [0.2, 0.25) is 5.91 Å². The Labute approximate surface area is 154 Å². The van der Waals surface area contributed by atoms with Crippen molar-refractivity contribution < 1.29 is 9.53 Å². The highest BCUT2D eigenvalue weighted by Crippen LogP contribution is 2.27. The van der Waals surface area contributed by atoms with Crippen LogP contribution < -0.4 is 10.1 Å². The van der Waals surface area contributed by atoms with Crippen molar-refractivity contribution in [3.05, 3.63) is 59.4 Å². The van der Waals surface area contributed by atoms with Crippen molar-refractivity contribution in [2.24, 2.45) is 0 Å². The Morgan fingerprint density at radius 3 is 2.92 bits per heavy atom. The van der Waals surface area contributed by atoms with Crippen LogP contribution in [0.15, 0.2) is 42.7 Å². The zero-order valence-corrected chi connectivity index (χ0v) is 15.0. The Morgan fingerprint density at radius 1 is 1.23 bits per heavy atom. The third kappa shape index (κ3) is 3.73. The summed E-state index contributed by atoms with van der Waals surface area (Å²) in [6, 6.07) is 9.85. The summed E-state index contributed by atoms with van der Waals surface area (Å²) >= 11 is 0. The van der Waals surface area contributed by atoms with E-state index >= 15 is 0 Å². The van der Waals surface area contributed by atoms with Crippen LogP contribution in [0.3, 0.4) is 0 Å². The van der Waals surface area contributed by atoms with Gasteiger partial charge in [-0.1, -0.05) is 18.2 Å². The fourth-order valence-electron chi connectivity index (χ4n) is 3.88. The molecule has 0 bridgehead atoms. The summed E-state index contributed by atoms with van der Waals surface area (Å²) in [5.74, 6) is 1.03. The Balaban J connectivity index is 1.46. The highest BCUT2D eigenvalue weighted by Gasteiger charge is 2.29. The van der Waals surface area contributed by atoms with Crippen LogP contribution in [-0.2, 0) is 17.8 Å². The lowest BCUT2D eigenvalue weighted by Gasteiger charge is -2.26. The molecule has 3 heterocycles. The molecule has 1 saturated heterocycles. The third-order valence-electron chi connectivity index (χ3n) is 5.19. The second-order valence-corrected chi connectivity index (χ2v) is 7.04. The summed E-state index contributed by atoms with van der Waals surface area (Å²) in [5, 5.41) is 3.13. The number of amides is 1. The molecule has 2 aromatic rings. The van der Waals surface area contributed by atoms with Crippen molar-refractivity contribution in [2.75, 3.05) is 19.7 Å². The summed E-state index contributed by atoms with van der Waals surface area (Å²) in [4.78, 5) is 19.4. The fraction of sp³-hybridized carbons (Fsp3) is 0.429. The Morgan fingerprint density at radius 2 is 2.12 bits per heavy atom. The number of ether oxygens (including phenoxy) is 1. The lowest BCUT2D eigenvalue weighted by molar-refractivity contribution is -0.126. The van der Waals surface area contributed by atoms with Crippen LogP contribution in [0.4, 0.5) is 0 Å². The zero-order chi connectivity index (χ0) is 17.8. The first-order chi connectivity index (χ1) is 12.8. The van der Waals surface area contributed by atoms with Crippen LogP contribution >= 0.6 is 0 Å². The molecule has 5 heteroatoms. The number of carbonyl (C=O) groups is 1. The molecule has 5 nitrogen and oxygen atoms in total. The molecule has 1 N–H and O–H groups in total. The molecular formula is C21H25N3O2. The van der Waals surface area contributed by atoms with E-state index in [4.69, 9.17) is 4.74 Å². The standard InChI is InChI=1S/C21H25N3O2/c25-21(20(24-10-1-2-11-24)18-5-3-9-22-15-18)23-14-16-7-8-19-17(13-16)6-4-12-26-19/h3,5,7-9,13,15,20H,1-2,4,6,10-12,14H2,(H,23,25)/t20-/m0/s1. The summed E-state index contributed by atoms with van der Waals surface area (Å²) in [7, 11) is 0. The van der Waals surface area contributed by atoms with Gasteiger partial charge in [-0.25, -0.2) is 0 Å². The summed E-state index contributed by atoms with van der Waals surface area (Å²) in [6.07, 6.45) is 7.95. The molecule has 1 fully saturated rings. The number of hydrogen-bond donors (Lipinski definition) is 1. The molecule has 26 heavy (non-hydrogen) atoms. The van der Waals surface area contributed by atoms with Gasteiger partial charge in [-0.05, 0) is 67.6 Å². The molecule has 2 aliphatic rings. The van der Waals surface area contributed by atoms with Gasteiger partial charge in [0, 0.05) is 18.9 Å². The van der Waals surface area contributed by atoms with E-state index in [2.05, 4.69) is 21.3 Å². The van der Waals surface area contributed by atoms with E-state index in [0.29, 0.717) is 6.54 Å². The number of aromatic nitrogens is 1. The maximum Gasteiger partial charge on any atom is 0.242 e. The highest BCUT2D eigenvalue weighted by molar-refractivity contribution is 5.83. The van der Waals surface area contributed by atoms with Crippen LogP contribution in [0.25, 0.3) is 0 Å². The van der Waals surface area contributed by atoms with Gasteiger partial charge in [-0.3, -0.25) is 14.7 Å². The second kappa shape index (κ2) is 7.87. The average Bonchev–Trinajstić information content (AvgIpc) is 3.21. The van der Waals surface area contributed by atoms with E-state index in [1.165, 1.54) is 5.56 Å². The minimum atomic E-state index is -0.257. The van der Waals surface area contributed by atoms with E-state index in [-0.39, 0.29) is 11.9 Å². The van der Waals surface area contributed by atoms with Crippen molar-refractivity contribution in [1.82, 2.24) is 15.2 Å². The van der Waals surface area contributed by atoms with Gasteiger partial charge in [-0.2, -0.15) is 0 Å². The quantitative estimate of drug-likeness (QED) is 0.900. The van der Waals surface area contributed by atoms with Crippen molar-refractivity contribution in [3.63, 3.8) is 0 Å². The van der Waals surface area contributed by atoms with Crippen molar-refractivity contribution >= 4 is 5.91 Å². The van der Waals surface area contributed by atoms with Crippen LogP contribution in [0.5, 0.6) is 5.75 Å². The molecule has 136 valence electrons. The average molecular weight is 351 g/mol. The van der Waals surface area contributed by atoms with Gasteiger partial charge in [0.05, 0.1) is 6.61 Å². The molecule has 0 radical (unpaired) electrons. The SMILES string of the molecule is O=C(NCc1ccc2c(c1)CCCO2)[C@H](c1cccnc1)N1CCCC1. The number of carbonyl (C=O) groups excluding carboxylic acids is 1. The number of hydrogen-bond acceptors (Lipinski definition) is 4. The van der Waals surface area contributed by atoms with Crippen molar-refractivity contribution in [3.8, 4) is 5.75 Å². The van der Waals surface area contributed by atoms with Gasteiger partial charge >= 0.3 is 0 Å². The van der Waals surface area contributed by atoms with E-state index in [0.717, 1.165) is 62.3 Å². The van der Waals surface area contributed by atoms with Gasteiger partial charge in [0.15, 0.2) is 0 Å². The first kappa shape index (κ1) is 17.0. The molecule has 0 aliphatic carbocycles. The number of likely N-dealkylation sites (tertiary alicyclic amines) is 1. The maximum atomic E-state index is 13.0. The molecule has 0 unspecified atom stereocenters. The first-order valence-electron chi connectivity index (χ1n) is 9.47. The molecule has 4 rings (SSSR count). The predicted molar refractivity (Wildman–Crippen MR) is 99.9 cm³/mol. The monoisotopic (exact) mass is 351 g/mol. The largest absolute Gasteiger partial charge is 0.493 e. The Bertz CT molecular complexity index is 757. The molecular weight excluding hydrogens is 326 g/mol. The first-order valence-corrected chi connectivity index (χ1v) is 9.47. The number of rotatable bonds is 5. The summed E-state index contributed by atoms with van der Waals surface area (Å²) in [5.41, 5.74) is 3.33. The smallest absolute Gasteiger partial charge is 0.242 e. The number of nitrogens with zero attached hydrogens (tertiary/aromatic N) is 2. The topological polar surface area (TPSA) is 54.5 Å². The van der Waals surface area contributed by atoms with Crippen LogP contribution in [0, 0.1) is 0 Å². The van der Waals surface area contributed by atoms with Gasteiger partial charge in [0.25, 0.3) is 0 Å². The summed E-state index contributed by atoms with van der Waals surface area (Å²) in [6.45, 7) is 3.26. The van der Waals surface area contributed by atoms with Crippen molar-refractivity contribution in [2.45, 2.75) is 38.3 Å². The molecule has 2 aliphatic heterocycles. The summed E-state index contributed by atoms with van der Waals surface area (Å²) < 4.78 is 5.67. The van der Waals surface area contributed by atoms with E-state index in [9.17, 15) is 4.79 Å².